The van der Waals surface area contributed by atoms with Crippen LogP contribution in [0.15, 0.2) is 65.6 Å². The Hall–Kier alpha value is -3.23. The number of likely N-dealkylation sites (tertiary alicyclic amines) is 1. The van der Waals surface area contributed by atoms with Crippen LogP contribution in [0.5, 0.6) is 0 Å². The number of piperazine rings is 1. The van der Waals surface area contributed by atoms with Crippen molar-refractivity contribution in [3.05, 3.63) is 82.5 Å². The molecule has 44 heavy (non-hydrogen) atoms. The first-order valence-corrected chi connectivity index (χ1v) is 16.2. The summed E-state index contributed by atoms with van der Waals surface area (Å²) in [5, 5.41) is 2.51. The van der Waals surface area contributed by atoms with Gasteiger partial charge in [0, 0.05) is 50.0 Å². The Bertz CT molecular complexity index is 1560. The van der Waals surface area contributed by atoms with Gasteiger partial charge in [0.1, 0.15) is 11.0 Å². The van der Waals surface area contributed by atoms with Crippen LogP contribution < -0.4 is 16.0 Å². The number of alkyl halides is 3. The number of rotatable bonds is 9. The van der Waals surface area contributed by atoms with E-state index in [1.807, 2.05) is 12.1 Å². The number of hydrogen-bond acceptors (Lipinski definition) is 7. The minimum atomic E-state index is -4.58. The molecule has 1 atom stereocenters. The molecule has 0 bridgehead atoms. The van der Waals surface area contributed by atoms with Crippen molar-refractivity contribution in [3.63, 3.8) is 0 Å². The van der Waals surface area contributed by atoms with Crippen LogP contribution in [0.25, 0.3) is 0 Å². The molecule has 5 rings (SSSR count). The smallest absolute Gasteiger partial charge is 0.354 e. The molecule has 14 heteroatoms. The van der Waals surface area contributed by atoms with Gasteiger partial charge >= 0.3 is 6.18 Å². The molecule has 2 aliphatic heterocycles. The fourth-order valence-electron chi connectivity index (χ4n) is 5.65. The fraction of sp³-hybridized carbons (Fsp3) is 0.400. The topological polar surface area (TPSA) is 112 Å². The third-order valence-electron chi connectivity index (χ3n) is 8.02. The van der Waals surface area contributed by atoms with Gasteiger partial charge in [-0.2, -0.15) is 17.5 Å². The standard InChI is InChI=1S/C30H34ClF3N6O3S/c31-27-18-23(30(32,33)34)19-28(37-27)38-14-16-40(17-15-38)44(42,43)26-9-7-24(8-10-26)36-29(41)22-5-3-21(4-6-22)20-39-13-1-2-25(39)11-12-35/h3-10,18-19,25H,1-2,11-17,20,35H2,(H,36,41)/t25-/m1/s1. The number of amides is 1. The van der Waals surface area contributed by atoms with Gasteiger partial charge in [-0.15, -0.1) is 0 Å². The van der Waals surface area contributed by atoms with Crippen LogP contribution in [0.1, 0.15) is 40.7 Å². The minimum absolute atomic E-state index is 0.0411. The molecular formula is C30H34ClF3N6O3S. The third-order valence-corrected chi connectivity index (χ3v) is 10.1. The Morgan fingerprint density at radius 2 is 1.68 bits per heavy atom. The predicted octanol–water partition coefficient (Wildman–Crippen LogP) is 4.83. The first-order valence-electron chi connectivity index (χ1n) is 14.4. The summed E-state index contributed by atoms with van der Waals surface area (Å²) >= 11 is 5.81. The van der Waals surface area contributed by atoms with E-state index in [4.69, 9.17) is 17.3 Å². The Kier molecular flexibility index (Phi) is 9.80. The maximum Gasteiger partial charge on any atom is 0.416 e. The summed E-state index contributed by atoms with van der Waals surface area (Å²) in [7, 11) is -3.87. The van der Waals surface area contributed by atoms with Crippen LogP contribution in [-0.4, -0.2) is 73.8 Å². The highest BCUT2D eigenvalue weighted by Crippen LogP contribution is 2.33. The predicted molar refractivity (Wildman–Crippen MR) is 163 cm³/mol. The molecule has 2 aliphatic rings. The number of anilines is 2. The monoisotopic (exact) mass is 650 g/mol. The summed E-state index contributed by atoms with van der Waals surface area (Å²) in [4.78, 5) is 20.9. The zero-order valence-corrected chi connectivity index (χ0v) is 25.5. The first kappa shape index (κ1) is 32.2. The second-order valence-electron chi connectivity index (χ2n) is 10.9. The van der Waals surface area contributed by atoms with Crippen LogP contribution >= 0.6 is 11.6 Å². The maximum absolute atomic E-state index is 13.3. The second-order valence-corrected chi connectivity index (χ2v) is 13.3. The number of carbonyl (C=O) groups excluding carboxylic acids is 1. The van der Waals surface area contributed by atoms with Gasteiger partial charge < -0.3 is 16.0 Å². The van der Waals surface area contributed by atoms with Gasteiger partial charge in [-0.1, -0.05) is 23.7 Å². The van der Waals surface area contributed by atoms with Crippen molar-refractivity contribution in [2.24, 2.45) is 5.73 Å². The number of nitrogens with one attached hydrogen (secondary N) is 1. The number of carbonyl (C=O) groups is 1. The van der Waals surface area contributed by atoms with Crippen LogP contribution in [0.3, 0.4) is 0 Å². The molecule has 236 valence electrons. The van der Waals surface area contributed by atoms with E-state index in [2.05, 4.69) is 15.2 Å². The zero-order valence-electron chi connectivity index (χ0n) is 23.9. The van der Waals surface area contributed by atoms with Crippen molar-refractivity contribution in [1.29, 1.82) is 0 Å². The van der Waals surface area contributed by atoms with Crippen LogP contribution in [0.2, 0.25) is 5.15 Å². The molecule has 1 aromatic heterocycles. The second kappa shape index (κ2) is 13.4. The van der Waals surface area contributed by atoms with Gasteiger partial charge in [0.2, 0.25) is 10.0 Å². The molecule has 2 aromatic carbocycles. The van der Waals surface area contributed by atoms with E-state index in [0.717, 1.165) is 43.6 Å². The average Bonchev–Trinajstić information content (AvgIpc) is 3.43. The lowest BCUT2D eigenvalue weighted by molar-refractivity contribution is -0.137. The van der Waals surface area contributed by atoms with Crippen LogP contribution in [-0.2, 0) is 22.7 Å². The SMILES string of the molecule is NCC[C@H]1CCCN1Cc1ccc(C(=O)Nc2ccc(S(=O)(=O)N3CCN(c4cc(C(F)(F)F)cc(Cl)n4)CC3)cc2)cc1. The van der Waals surface area contributed by atoms with E-state index < -0.39 is 21.8 Å². The number of sulfonamides is 1. The van der Waals surface area contributed by atoms with E-state index in [9.17, 15) is 26.4 Å². The largest absolute Gasteiger partial charge is 0.416 e. The fourth-order valence-corrected chi connectivity index (χ4v) is 7.27. The molecule has 3 heterocycles. The first-order chi connectivity index (χ1) is 20.9. The van der Waals surface area contributed by atoms with Crippen molar-refractivity contribution in [1.82, 2.24) is 14.2 Å². The van der Waals surface area contributed by atoms with Gasteiger partial charge in [0.15, 0.2) is 0 Å². The molecular weight excluding hydrogens is 617 g/mol. The molecule has 0 spiro atoms. The molecule has 0 unspecified atom stereocenters. The van der Waals surface area contributed by atoms with E-state index in [-0.39, 0.29) is 48.0 Å². The number of nitrogens with zero attached hydrogens (tertiary/aromatic N) is 4. The average molecular weight is 651 g/mol. The Labute approximate surface area is 259 Å². The quantitative estimate of drug-likeness (QED) is 0.319. The molecule has 2 saturated heterocycles. The molecule has 2 fully saturated rings. The highest BCUT2D eigenvalue weighted by molar-refractivity contribution is 7.89. The van der Waals surface area contributed by atoms with Gasteiger partial charge in [-0.3, -0.25) is 9.69 Å². The summed E-state index contributed by atoms with van der Waals surface area (Å²) in [5.41, 5.74) is 6.88. The summed E-state index contributed by atoms with van der Waals surface area (Å²) < 4.78 is 67.4. The highest BCUT2D eigenvalue weighted by Gasteiger charge is 2.34. The summed E-state index contributed by atoms with van der Waals surface area (Å²) in [6, 6.07) is 15.5. The summed E-state index contributed by atoms with van der Waals surface area (Å²) in [5.74, 6) is -0.270. The Balaban J connectivity index is 1.16. The number of halogens is 4. The van der Waals surface area contributed by atoms with Crippen molar-refractivity contribution in [2.45, 2.75) is 42.9 Å². The van der Waals surface area contributed by atoms with Crippen LogP contribution in [0.4, 0.5) is 24.7 Å². The Morgan fingerprint density at radius 3 is 2.32 bits per heavy atom. The lowest BCUT2D eigenvalue weighted by atomic mass is 10.1. The van der Waals surface area contributed by atoms with Crippen molar-refractivity contribution in [3.8, 4) is 0 Å². The zero-order chi connectivity index (χ0) is 31.5. The van der Waals surface area contributed by atoms with E-state index >= 15 is 0 Å². The lowest BCUT2D eigenvalue weighted by Gasteiger charge is -2.35. The number of pyridine rings is 1. The molecule has 0 radical (unpaired) electrons. The van der Waals surface area contributed by atoms with Gasteiger partial charge in [-0.05, 0) is 86.4 Å². The molecule has 0 saturated carbocycles. The van der Waals surface area contributed by atoms with Gasteiger partial charge in [0.25, 0.3) is 5.91 Å². The molecule has 1 amide bonds. The number of benzene rings is 2. The van der Waals surface area contributed by atoms with Crippen molar-refractivity contribution in [2.75, 3.05) is 49.5 Å². The molecule has 9 nitrogen and oxygen atoms in total. The van der Waals surface area contributed by atoms with Gasteiger partial charge in [-0.25, -0.2) is 13.4 Å². The molecule has 3 aromatic rings. The molecule has 0 aliphatic carbocycles. The Morgan fingerprint density at radius 1 is 1.00 bits per heavy atom. The van der Waals surface area contributed by atoms with E-state index in [1.54, 1.807) is 17.0 Å². The maximum atomic E-state index is 13.3. The lowest BCUT2D eigenvalue weighted by Crippen LogP contribution is -2.49. The van der Waals surface area contributed by atoms with Crippen molar-refractivity contribution < 1.29 is 26.4 Å². The summed E-state index contributed by atoms with van der Waals surface area (Å²) in [6.07, 6.45) is -1.28. The highest BCUT2D eigenvalue weighted by atomic mass is 35.5. The number of aromatic nitrogens is 1. The van der Waals surface area contributed by atoms with E-state index in [0.29, 0.717) is 23.8 Å². The normalized spacial score (nSPS) is 18.5. The number of hydrogen-bond donors (Lipinski definition) is 2. The molecule has 3 N–H and O–H groups in total. The summed E-state index contributed by atoms with van der Waals surface area (Å²) in [6.45, 7) is 2.92. The van der Waals surface area contributed by atoms with Crippen molar-refractivity contribution >= 4 is 39.0 Å². The number of nitrogens with two attached hydrogens (primary N) is 1. The van der Waals surface area contributed by atoms with E-state index in [1.165, 1.54) is 35.0 Å². The van der Waals surface area contributed by atoms with Crippen LogP contribution in [0, 0.1) is 0 Å². The minimum Gasteiger partial charge on any atom is -0.354 e. The third kappa shape index (κ3) is 7.52. The van der Waals surface area contributed by atoms with Gasteiger partial charge in [0.05, 0.1) is 10.5 Å².